The molecular weight excluding hydrogens is 374 g/mol. The fraction of sp³-hybridized carbons (Fsp3) is 0.636. The van der Waals surface area contributed by atoms with Gasteiger partial charge in [-0.2, -0.15) is 0 Å². The molecule has 1 saturated carbocycles. The summed E-state index contributed by atoms with van der Waals surface area (Å²) in [5.41, 5.74) is 0.745. The zero-order chi connectivity index (χ0) is 19.6. The fourth-order valence-corrected chi connectivity index (χ4v) is 4.67. The van der Waals surface area contributed by atoms with E-state index < -0.39 is 0 Å². The number of carbonyl (C=O) groups excluding carboxylic acids is 2. The Bertz CT molecular complexity index is 701. The van der Waals surface area contributed by atoms with Crippen LogP contribution in [0.5, 0.6) is 0 Å². The molecule has 2 amide bonds. The lowest BCUT2D eigenvalue weighted by molar-refractivity contribution is -0.137. The Morgan fingerprint density at radius 1 is 0.821 bits per heavy atom. The van der Waals surface area contributed by atoms with Crippen molar-refractivity contribution in [3.63, 3.8) is 0 Å². The van der Waals surface area contributed by atoms with Crippen molar-refractivity contribution in [3.8, 4) is 0 Å². The molecule has 5 nitrogen and oxygen atoms in total. The number of likely N-dealkylation sites (tertiary alicyclic amines) is 1. The van der Waals surface area contributed by atoms with E-state index in [9.17, 15) is 9.59 Å². The van der Waals surface area contributed by atoms with Crippen molar-refractivity contribution in [2.75, 3.05) is 45.8 Å². The monoisotopic (exact) mass is 403 g/mol. The van der Waals surface area contributed by atoms with Gasteiger partial charge in [-0.1, -0.05) is 36.6 Å². The highest BCUT2D eigenvalue weighted by atomic mass is 35.5. The van der Waals surface area contributed by atoms with Crippen LogP contribution in [0.2, 0.25) is 5.02 Å². The molecule has 0 atom stereocenters. The Labute approximate surface area is 172 Å². The molecule has 1 aromatic carbocycles. The molecule has 0 unspecified atom stereocenters. The van der Waals surface area contributed by atoms with E-state index in [1.807, 2.05) is 34.1 Å². The maximum atomic E-state index is 13.2. The average molecular weight is 404 g/mol. The Balaban J connectivity index is 1.29. The van der Waals surface area contributed by atoms with Crippen LogP contribution >= 0.6 is 11.6 Å². The van der Waals surface area contributed by atoms with Crippen molar-refractivity contribution in [3.05, 3.63) is 34.9 Å². The summed E-state index contributed by atoms with van der Waals surface area (Å²) >= 11 is 6.00. The lowest BCUT2D eigenvalue weighted by atomic mass is 9.94. The quantitative estimate of drug-likeness (QED) is 0.776. The number of amides is 2. The molecule has 3 fully saturated rings. The first kappa shape index (κ1) is 19.7. The van der Waals surface area contributed by atoms with E-state index in [-0.39, 0.29) is 17.2 Å². The van der Waals surface area contributed by atoms with Gasteiger partial charge in [-0.05, 0) is 43.4 Å². The summed E-state index contributed by atoms with van der Waals surface area (Å²) in [4.78, 5) is 32.0. The number of hydrogen-bond acceptors (Lipinski definition) is 3. The highest BCUT2D eigenvalue weighted by Gasteiger charge is 2.53. The van der Waals surface area contributed by atoms with Gasteiger partial charge in [0.2, 0.25) is 11.8 Å². The van der Waals surface area contributed by atoms with Gasteiger partial charge < -0.3 is 9.80 Å². The molecular formula is C22H30ClN3O2. The molecule has 6 heteroatoms. The van der Waals surface area contributed by atoms with Crippen LogP contribution in [0.4, 0.5) is 0 Å². The van der Waals surface area contributed by atoms with E-state index in [4.69, 9.17) is 11.6 Å². The van der Waals surface area contributed by atoms with E-state index in [0.717, 1.165) is 57.4 Å². The maximum absolute atomic E-state index is 13.2. The van der Waals surface area contributed by atoms with E-state index in [2.05, 4.69) is 4.90 Å². The third kappa shape index (κ3) is 4.20. The van der Waals surface area contributed by atoms with E-state index >= 15 is 0 Å². The predicted molar refractivity (Wildman–Crippen MR) is 110 cm³/mol. The SMILES string of the molecule is O=C(CN1CCN(C(=O)C2(c3ccc(Cl)cc3)CC2)CC1)N1CCCCCC1. The summed E-state index contributed by atoms with van der Waals surface area (Å²) < 4.78 is 0. The Morgan fingerprint density at radius 3 is 2.00 bits per heavy atom. The highest BCUT2D eigenvalue weighted by Crippen LogP contribution is 2.49. The minimum atomic E-state index is -0.339. The Kier molecular flexibility index (Phi) is 5.93. The van der Waals surface area contributed by atoms with Crippen LogP contribution in [0.15, 0.2) is 24.3 Å². The fourth-order valence-electron chi connectivity index (χ4n) is 4.54. The molecule has 2 aliphatic heterocycles. The van der Waals surface area contributed by atoms with Crippen molar-refractivity contribution in [2.45, 2.75) is 43.9 Å². The van der Waals surface area contributed by atoms with E-state index in [0.29, 0.717) is 24.7 Å². The molecule has 0 N–H and O–H groups in total. The molecule has 1 aliphatic carbocycles. The number of rotatable bonds is 4. The van der Waals surface area contributed by atoms with Gasteiger partial charge in [0.1, 0.15) is 0 Å². The van der Waals surface area contributed by atoms with Crippen LogP contribution in [0.1, 0.15) is 44.1 Å². The molecule has 2 saturated heterocycles. The van der Waals surface area contributed by atoms with Gasteiger partial charge in [-0.25, -0.2) is 0 Å². The molecule has 0 aromatic heterocycles. The van der Waals surface area contributed by atoms with Crippen molar-refractivity contribution < 1.29 is 9.59 Å². The standard InChI is InChI=1S/C22H30ClN3O2/c23-19-7-5-18(6-8-19)22(9-10-22)21(28)26-15-13-24(14-16-26)17-20(27)25-11-3-1-2-4-12-25/h5-8H,1-4,9-17H2. The third-order valence-corrected chi connectivity index (χ3v) is 6.79. The molecule has 3 aliphatic rings. The van der Waals surface area contributed by atoms with Crippen LogP contribution in [0, 0.1) is 0 Å². The molecule has 4 rings (SSSR count). The topological polar surface area (TPSA) is 43.9 Å². The van der Waals surface area contributed by atoms with Crippen LogP contribution in [-0.4, -0.2) is 72.3 Å². The molecule has 0 spiro atoms. The Morgan fingerprint density at radius 2 is 1.43 bits per heavy atom. The predicted octanol–water partition coefficient (Wildman–Crippen LogP) is 2.92. The lowest BCUT2D eigenvalue weighted by Gasteiger charge is -2.37. The van der Waals surface area contributed by atoms with E-state index in [1.165, 1.54) is 12.8 Å². The summed E-state index contributed by atoms with van der Waals surface area (Å²) in [6.45, 7) is 5.28. The minimum Gasteiger partial charge on any atom is -0.342 e. The molecule has 1 aromatic rings. The molecule has 0 bridgehead atoms. The zero-order valence-electron chi connectivity index (χ0n) is 16.5. The second-order valence-electron chi connectivity index (χ2n) is 8.45. The summed E-state index contributed by atoms with van der Waals surface area (Å²) in [7, 11) is 0. The van der Waals surface area contributed by atoms with Gasteiger partial charge in [0.15, 0.2) is 0 Å². The zero-order valence-corrected chi connectivity index (χ0v) is 17.3. The number of halogens is 1. The highest BCUT2D eigenvalue weighted by molar-refractivity contribution is 6.30. The number of piperazine rings is 1. The third-order valence-electron chi connectivity index (χ3n) is 6.53. The van der Waals surface area contributed by atoms with Gasteiger partial charge in [-0.3, -0.25) is 14.5 Å². The van der Waals surface area contributed by atoms with Crippen molar-refractivity contribution in [2.24, 2.45) is 0 Å². The van der Waals surface area contributed by atoms with E-state index in [1.54, 1.807) is 0 Å². The van der Waals surface area contributed by atoms with Gasteiger partial charge in [-0.15, -0.1) is 0 Å². The number of carbonyl (C=O) groups is 2. The first-order valence-corrected chi connectivity index (χ1v) is 11.0. The first-order chi connectivity index (χ1) is 13.6. The first-order valence-electron chi connectivity index (χ1n) is 10.6. The van der Waals surface area contributed by atoms with Crippen molar-refractivity contribution in [1.29, 1.82) is 0 Å². The second kappa shape index (κ2) is 8.42. The van der Waals surface area contributed by atoms with Crippen molar-refractivity contribution >= 4 is 23.4 Å². The number of nitrogens with zero attached hydrogens (tertiary/aromatic N) is 3. The van der Waals surface area contributed by atoms with Crippen molar-refractivity contribution in [1.82, 2.24) is 14.7 Å². The summed E-state index contributed by atoms with van der Waals surface area (Å²) in [5, 5.41) is 0.703. The molecule has 2 heterocycles. The second-order valence-corrected chi connectivity index (χ2v) is 8.89. The van der Waals surface area contributed by atoms with Crippen LogP contribution in [0.25, 0.3) is 0 Å². The number of benzene rings is 1. The summed E-state index contributed by atoms with van der Waals surface area (Å²) in [6.07, 6.45) is 6.56. The van der Waals surface area contributed by atoms with Gasteiger partial charge >= 0.3 is 0 Å². The van der Waals surface area contributed by atoms with Crippen LogP contribution in [0.3, 0.4) is 0 Å². The average Bonchev–Trinajstić information content (AvgIpc) is 3.53. The molecule has 0 radical (unpaired) electrons. The molecule has 28 heavy (non-hydrogen) atoms. The summed E-state index contributed by atoms with van der Waals surface area (Å²) in [6, 6.07) is 7.72. The maximum Gasteiger partial charge on any atom is 0.236 e. The van der Waals surface area contributed by atoms with Gasteiger partial charge in [0.05, 0.1) is 12.0 Å². The summed E-state index contributed by atoms with van der Waals surface area (Å²) in [5.74, 6) is 0.495. The largest absolute Gasteiger partial charge is 0.342 e. The van der Waals surface area contributed by atoms with Crippen LogP contribution in [-0.2, 0) is 15.0 Å². The van der Waals surface area contributed by atoms with Gasteiger partial charge in [0.25, 0.3) is 0 Å². The number of hydrogen-bond donors (Lipinski definition) is 0. The molecule has 152 valence electrons. The van der Waals surface area contributed by atoms with Crippen LogP contribution < -0.4 is 0 Å². The smallest absolute Gasteiger partial charge is 0.236 e. The van der Waals surface area contributed by atoms with Gasteiger partial charge in [0, 0.05) is 44.3 Å². The lowest BCUT2D eigenvalue weighted by Crippen LogP contribution is -2.53. The minimum absolute atomic E-state index is 0.244. The normalized spacial score (nSPS) is 22.6. The Hall–Kier alpha value is -1.59.